The molecule has 0 bridgehead atoms. The van der Waals surface area contributed by atoms with Crippen molar-refractivity contribution in [3.8, 4) is 23.0 Å². The van der Waals surface area contributed by atoms with Crippen LogP contribution in [0.15, 0.2) is 77.3 Å². The topological polar surface area (TPSA) is 244 Å². The van der Waals surface area contributed by atoms with Gasteiger partial charge in [-0.25, -0.2) is 9.69 Å². The number of aliphatic imine (C=N–C) groups is 1. The smallest absolute Gasteiger partial charge is 0.416 e. The summed E-state index contributed by atoms with van der Waals surface area (Å²) in [7, 11) is 3.12. The van der Waals surface area contributed by atoms with Gasteiger partial charge in [0.2, 0.25) is 17.7 Å². The Bertz CT molecular complexity index is 3480. The molecule has 3 aromatic rings. The maximum absolute atomic E-state index is 14.4. The van der Waals surface area contributed by atoms with Gasteiger partial charge in [0.1, 0.15) is 12.3 Å². The Morgan fingerprint density at radius 3 is 2.11 bits per heavy atom. The number of benzene rings is 3. The minimum absolute atomic E-state index is 0.0190. The third kappa shape index (κ3) is 19.4. The van der Waals surface area contributed by atoms with E-state index in [0.29, 0.717) is 79.6 Å². The number of allylic oxidation sites excluding steroid dienone is 1. The van der Waals surface area contributed by atoms with Crippen LogP contribution in [-0.2, 0) is 35.3 Å². The van der Waals surface area contributed by atoms with Gasteiger partial charge in [-0.05, 0) is 125 Å². The van der Waals surface area contributed by atoms with E-state index in [1.165, 1.54) is 48.2 Å². The number of ether oxygens (including phenoxy) is 6. The van der Waals surface area contributed by atoms with Crippen LogP contribution in [0.4, 0.5) is 21.9 Å². The van der Waals surface area contributed by atoms with E-state index >= 15 is 0 Å². The maximum Gasteiger partial charge on any atom is 0.416 e. The maximum atomic E-state index is 14.4. The second-order valence-corrected chi connectivity index (χ2v) is 30.9. The van der Waals surface area contributed by atoms with E-state index in [0.717, 1.165) is 68.3 Å². The van der Waals surface area contributed by atoms with E-state index in [4.69, 9.17) is 33.4 Å². The number of aliphatic hydroxyl groups excluding tert-OH is 1. The molecule has 6 amide bonds. The number of aliphatic hydroxyl groups is 1. The Labute approximate surface area is 586 Å². The lowest BCUT2D eigenvalue weighted by molar-refractivity contribution is -0.140. The fourth-order valence-electron chi connectivity index (χ4n) is 14.2. The number of unbranched alkanes of at least 4 members (excludes halogenated alkanes) is 1. The first kappa shape index (κ1) is 75.5. The zero-order chi connectivity index (χ0) is 71.4. The highest BCUT2D eigenvalue weighted by Gasteiger charge is 2.47. The van der Waals surface area contributed by atoms with Crippen LogP contribution in [0.25, 0.3) is 0 Å². The van der Waals surface area contributed by atoms with Crippen LogP contribution >= 0.6 is 0 Å². The molecule has 3 aromatic carbocycles. The number of methoxy groups -OCH3 is 2. The highest BCUT2D eigenvalue weighted by atomic mass is 16.6. The molecule has 21 nitrogen and oxygen atoms in total. The molecule has 0 radical (unpaired) electrons. The van der Waals surface area contributed by atoms with Crippen molar-refractivity contribution >= 4 is 72.0 Å². The highest BCUT2D eigenvalue weighted by Crippen LogP contribution is 2.45. The standard InChI is InChI=1S/C77H108BN7O14/c1-13-14-21-52-39-55-45-80-59-43-64(62(94-11)40-57(59)69(89)83(55)47-52)98-49-75(5,6)30-29-74(3,4)32-36-96-65-44-60-58(41-63(65)95-12)70(90)84-46-50(2)38-61(84)71(91)85(60)73(93)97-48-51-24-26-54(27-25-51)81-78-72(92)76(7,8)33-37-99-77(9,10)31-34-79-66(86)28-35-82-67(87)42-56(68(82)88)53-22-19-17-15-16-18-20-23-53/h21,24-27,40-41,43-45,53,55-56,61,71,78,81,91H,2,13-20,22-23,28-39,42,46-49H2,1,3-12H3,(H,79,86)/b52-21+/t55-,56?,61-,71-/m0/s1. The fraction of sp³-hybridized carbons (Fsp3) is 0.610. The first-order valence-corrected chi connectivity index (χ1v) is 36.1. The normalized spacial score (nSPS) is 20.5. The molecular formula is C77H108BN7O14. The first-order chi connectivity index (χ1) is 47.1. The van der Waals surface area contributed by atoms with Crippen LogP contribution in [0.1, 0.15) is 211 Å². The van der Waals surface area contributed by atoms with Gasteiger partial charge in [-0.1, -0.05) is 129 Å². The quantitative estimate of drug-likeness (QED) is 0.0308. The average molecular weight is 1370 g/mol. The number of carbonyl (C=O) groups excluding carboxylic acids is 7. The Kier molecular flexibility index (Phi) is 25.3. The summed E-state index contributed by atoms with van der Waals surface area (Å²) in [5, 5.41) is 18.2. The van der Waals surface area contributed by atoms with Crippen LogP contribution < -0.4 is 34.4 Å². The summed E-state index contributed by atoms with van der Waals surface area (Å²) >= 11 is 0. The number of likely N-dealkylation sites (tertiary alicyclic amines) is 1. The molecule has 9 rings (SSSR count). The van der Waals surface area contributed by atoms with E-state index in [2.05, 4.69) is 57.8 Å². The van der Waals surface area contributed by atoms with Crippen molar-refractivity contribution < 1.29 is 67.1 Å². The SMILES string of the molecule is C=C1C[C@H]2[C@H](O)N(C(=O)OCc3ccc(NBC(=O)C(C)(C)CCOC(C)(C)CCNC(=O)CCN4C(=O)CC(C5CCCCCCCC5)C4=O)cc3)c3cc(OCCC(C)(C)CCC(C)(C)COc4cc5c(cc4OC)C(=O)N4C/C(=C/CCC)C[C@H]4C=N5)c(OC)cc3C(=O)N2C1. The van der Waals surface area contributed by atoms with Crippen LogP contribution in [0.5, 0.6) is 23.0 Å². The molecular weight excluding hydrogens is 1260 g/mol. The minimum atomic E-state index is -1.49. The molecule has 538 valence electrons. The zero-order valence-electron chi connectivity index (χ0n) is 60.7. The first-order valence-electron chi connectivity index (χ1n) is 36.1. The van der Waals surface area contributed by atoms with E-state index < -0.39 is 35.3 Å². The average Bonchev–Trinajstić information content (AvgIpc) is 1.63. The number of hydrogen-bond donors (Lipinski definition) is 3. The van der Waals surface area contributed by atoms with Gasteiger partial charge in [0, 0.05) is 75.1 Å². The van der Waals surface area contributed by atoms with Crippen molar-refractivity contribution in [2.75, 3.05) is 70.3 Å². The second-order valence-electron chi connectivity index (χ2n) is 30.9. The number of fused-ring (bicyclic) bond motifs is 4. The molecule has 3 saturated heterocycles. The number of hydrogen-bond acceptors (Lipinski definition) is 16. The summed E-state index contributed by atoms with van der Waals surface area (Å²) in [6.07, 6.45) is 17.4. The molecule has 4 atom stereocenters. The lowest BCUT2D eigenvalue weighted by atomic mass is 9.69. The van der Waals surface area contributed by atoms with E-state index in [1.54, 1.807) is 55.6 Å². The van der Waals surface area contributed by atoms with E-state index in [9.17, 15) is 38.7 Å². The molecule has 99 heavy (non-hydrogen) atoms. The van der Waals surface area contributed by atoms with Gasteiger partial charge in [-0.15, -0.1) is 0 Å². The molecule has 0 aromatic heterocycles. The van der Waals surface area contributed by atoms with Crippen LogP contribution in [-0.4, -0.2) is 159 Å². The van der Waals surface area contributed by atoms with Crippen LogP contribution in [0.2, 0.25) is 0 Å². The van der Waals surface area contributed by atoms with Crippen LogP contribution in [0.3, 0.4) is 0 Å². The van der Waals surface area contributed by atoms with E-state index in [-0.39, 0.29) is 134 Å². The molecule has 5 aliphatic heterocycles. The third-order valence-corrected chi connectivity index (χ3v) is 21.0. The Balaban J connectivity index is 0.727. The number of nitrogens with one attached hydrogen (secondary N) is 2. The number of nitrogens with zero attached hydrogens (tertiary/aromatic N) is 5. The molecule has 1 aliphatic carbocycles. The van der Waals surface area contributed by atoms with E-state index in [1.807, 2.05) is 38.8 Å². The summed E-state index contributed by atoms with van der Waals surface area (Å²) < 4.78 is 36.7. The van der Waals surface area contributed by atoms with Crippen molar-refractivity contribution in [2.45, 2.75) is 215 Å². The Morgan fingerprint density at radius 1 is 0.747 bits per heavy atom. The number of imide groups is 1. The summed E-state index contributed by atoms with van der Waals surface area (Å²) in [6, 6.07) is 12.9. The largest absolute Gasteiger partial charge is 0.493 e. The third-order valence-electron chi connectivity index (χ3n) is 21.0. The Hall–Kier alpha value is -7.72. The van der Waals surface area contributed by atoms with Crippen molar-refractivity contribution in [3.05, 3.63) is 89.0 Å². The van der Waals surface area contributed by atoms with Crippen molar-refractivity contribution in [3.63, 3.8) is 0 Å². The Morgan fingerprint density at radius 2 is 1.41 bits per heavy atom. The van der Waals surface area contributed by atoms with Gasteiger partial charge < -0.3 is 58.7 Å². The lowest BCUT2D eigenvalue weighted by Crippen LogP contribution is -2.50. The fourth-order valence-corrected chi connectivity index (χ4v) is 14.2. The number of amides is 6. The molecule has 4 fully saturated rings. The molecule has 3 N–H and O–H groups in total. The van der Waals surface area contributed by atoms with Crippen molar-refractivity contribution in [2.24, 2.45) is 33.1 Å². The van der Waals surface area contributed by atoms with Gasteiger partial charge in [-0.2, -0.15) is 0 Å². The summed E-state index contributed by atoms with van der Waals surface area (Å²) in [5.74, 6) is 0.555. The highest BCUT2D eigenvalue weighted by molar-refractivity contribution is 6.77. The number of carbonyl (C=O) groups is 7. The van der Waals surface area contributed by atoms with Gasteiger partial charge in [-0.3, -0.25) is 33.9 Å². The molecule has 0 spiro atoms. The predicted molar refractivity (Wildman–Crippen MR) is 384 cm³/mol. The summed E-state index contributed by atoms with van der Waals surface area (Å²) in [5.41, 5.74) is 2.81. The number of rotatable bonds is 31. The second kappa shape index (κ2) is 33.2. The molecule has 1 saturated carbocycles. The van der Waals surface area contributed by atoms with Gasteiger partial charge >= 0.3 is 13.5 Å². The molecule has 22 heteroatoms. The van der Waals surface area contributed by atoms with Crippen molar-refractivity contribution in [1.82, 2.24) is 20.0 Å². The summed E-state index contributed by atoms with van der Waals surface area (Å²) in [4.78, 5) is 106. The monoisotopic (exact) mass is 1370 g/mol. The van der Waals surface area contributed by atoms with Gasteiger partial charge in [0.15, 0.2) is 29.2 Å². The number of anilines is 2. The van der Waals surface area contributed by atoms with Gasteiger partial charge in [0.05, 0.1) is 73.5 Å². The van der Waals surface area contributed by atoms with Gasteiger partial charge in [0.25, 0.3) is 11.8 Å². The zero-order valence-corrected chi connectivity index (χ0v) is 60.7. The minimum Gasteiger partial charge on any atom is -0.493 e. The molecule has 5 heterocycles. The molecule has 1 unspecified atom stereocenters. The summed E-state index contributed by atoms with van der Waals surface area (Å²) in [6.45, 7) is 24.6. The predicted octanol–water partition coefficient (Wildman–Crippen LogP) is 12.8. The lowest BCUT2D eigenvalue weighted by Gasteiger charge is -2.32. The van der Waals surface area contributed by atoms with Crippen molar-refractivity contribution in [1.29, 1.82) is 0 Å². The molecule has 6 aliphatic rings. The van der Waals surface area contributed by atoms with Crippen LogP contribution in [0, 0.1) is 28.1 Å².